The first kappa shape index (κ1) is 24.4. The Balaban J connectivity index is 1.86. The molecule has 0 bridgehead atoms. The van der Waals surface area contributed by atoms with Gasteiger partial charge in [-0.3, -0.25) is 14.6 Å². The van der Waals surface area contributed by atoms with E-state index < -0.39 is 67.4 Å². The van der Waals surface area contributed by atoms with Gasteiger partial charge in [-0.05, 0) is 0 Å². The Morgan fingerprint density at radius 1 is 1.45 bits per heavy atom. The van der Waals surface area contributed by atoms with Crippen molar-refractivity contribution in [2.45, 2.75) is 48.8 Å². The van der Waals surface area contributed by atoms with Crippen LogP contribution in [0.1, 0.15) is 0 Å². The summed E-state index contributed by atoms with van der Waals surface area (Å²) in [5, 5.41) is 39.1. The third kappa shape index (κ3) is 5.08. The highest BCUT2D eigenvalue weighted by Gasteiger charge is 2.51. The van der Waals surface area contributed by atoms with E-state index >= 15 is 0 Å². The number of aliphatic hydroxyl groups is 3. The molecule has 2 fully saturated rings. The zero-order chi connectivity index (χ0) is 24.3. The van der Waals surface area contributed by atoms with Gasteiger partial charge in [0.1, 0.15) is 24.8 Å². The van der Waals surface area contributed by atoms with Crippen LogP contribution in [0.3, 0.4) is 0 Å². The van der Waals surface area contributed by atoms with Crippen molar-refractivity contribution in [3.8, 4) is 0 Å². The van der Waals surface area contributed by atoms with Crippen LogP contribution in [0.2, 0.25) is 0 Å². The highest BCUT2D eigenvalue weighted by atomic mass is 16.6. The average molecular weight is 472 g/mol. The summed E-state index contributed by atoms with van der Waals surface area (Å²) in [6.07, 6.45) is -6.49. The number of guanidine groups is 1. The van der Waals surface area contributed by atoms with E-state index in [1.807, 2.05) is 0 Å². The highest BCUT2D eigenvalue weighted by molar-refractivity contribution is 5.92. The Morgan fingerprint density at radius 2 is 2.18 bits per heavy atom. The van der Waals surface area contributed by atoms with Crippen LogP contribution in [0.25, 0.3) is 0 Å². The number of ether oxygens (including phenoxy) is 2. The molecule has 0 spiro atoms. The summed E-state index contributed by atoms with van der Waals surface area (Å²) in [4.78, 5) is 45.0. The lowest BCUT2D eigenvalue weighted by atomic mass is 9.94. The maximum atomic E-state index is 12.5. The number of carbonyl (C=O) groups is 3. The van der Waals surface area contributed by atoms with Gasteiger partial charge in [0, 0.05) is 13.6 Å². The molecule has 10 N–H and O–H groups in total. The van der Waals surface area contributed by atoms with Crippen LogP contribution in [0.4, 0.5) is 4.79 Å². The minimum absolute atomic E-state index is 0.0503. The topological polar surface area (TPSA) is 246 Å². The first-order valence-corrected chi connectivity index (χ1v) is 10.1. The number of nitrogens with one attached hydrogen (secondary N) is 3. The molecule has 16 nitrogen and oxygen atoms in total. The zero-order valence-electron chi connectivity index (χ0n) is 17.7. The quantitative estimate of drug-likeness (QED) is 0.133. The van der Waals surface area contributed by atoms with Crippen LogP contribution in [0, 0.1) is 0 Å². The molecule has 0 aliphatic carbocycles. The molecule has 3 aliphatic rings. The number of aliphatic hydroxyl groups excluding tert-OH is 3. The zero-order valence-corrected chi connectivity index (χ0v) is 17.7. The van der Waals surface area contributed by atoms with E-state index in [1.165, 1.54) is 7.05 Å². The SMILES string of the molecule is CN(C(=O)CN=CN)[C@@H]1[C@H](O)[C@@H](OC(N)=O)[C@@H](CO)O[C@H]1NC1=N[C@@H]2C(=O)NC[C@@H](O)[C@H]2N1. The molecule has 0 aromatic heterocycles. The van der Waals surface area contributed by atoms with E-state index in [-0.39, 0.29) is 25.0 Å². The number of nitrogens with two attached hydrogens (primary N) is 2. The summed E-state index contributed by atoms with van der Waals surface area (Å²) in [5.41, 5.74) is 10.3. The molecule has 33 heavy (non-hydrogen) atoms. The summed E-state index contributed by atoms with van der Waals surface area (Å²) in [7, 11) is 1.36. The van der Waals surface area contributed by atoms with Gasteiger partial charge in [-0.1, -0.05) is 0 Å². The number of carbonyl (C=O) groups excluding carboxylic acids is 3. The van der Waals surface area contributed by atoms with E-state index in [9.17, 15) is 29.7 Å². The van der Waals surface area contributed by atoms with Crippen molar-refractivity contribution in [3.63, 3.8) is 0 Å². The van der Waals surface area contributed by atoms with Gasteiger partial charge in [-0.15, -0.1) is 0 Å². The summed E-state index contributed by atoms with van der Waals surface area (Å²) in [6.45, 7) is -0.931. The van der Waals surface area contributed by atoms with Crippen molar-refractivity contribution in [2.24, 2.45) is 21.5 Å². The first-order valence-electron chi connectivity index (χ1n) is 10.1. The number of hydrogen-bond acceptors (Lipinski definition) is 12. The number of amides is 3. The minimum atomic E-state index is -1.55. The third-order valence-electron chi connectivity index (χ3n) is 5.65. The fourth-order valence-electron chi connectivity index (χ4n) is 4.00. The second kappa shape index (κ2) is 10.2. The van der Waals surface area contributed by atoms with Gasteiger partial charge in [0.2, 0.25) is 11.8 Å². The minimum Gasteiger partial charge on any atom is -0.441 e. The van der Waals surface area contributed by atoms with E-state index in [4.69, 9.17) is 20.9 Å². The van der Waals surface area contributed by atoms with Crippen LogP contribution >= 0.6 is 0 Å². The van der Waals surface area contributed by atoms with Gasteiger partial charge in [0.25, 0.3) is 0 Å². The molecular formula is C17H28N8O8. The number of hydrogen-bond donors (Lipinski definition) is 8. The Bertz CT molecular complexity index is 825. The van der Waals surface area contributed by atoms with Crippen LogP contribution in [0.15, 0.2) is 9.98 Å². The average Bonchev–Trinajstić information content (AvgIpc) is 3.21. The van der Waals surface area contributed by atoms with E-state index in [0.29, 0.717) is 0 Å². The maximum Gasteiger partial charge on any atom is 0.404 e. The smallest absolute Gasteiger partial charge is 0.404 e. The van der Waals surface area contributed by atoms with Crippen LogP contribution in [0.5, 0.6) is 0 Å². The Labute approximate surface area is 188 Å². The Morgan fingerprint density at radius 3 is 2.79 bits per heavy atom. The Hall–Kier alpha value is -3.21. The summed E-state index contributed by atoms with van der Waals surface area (Å²) in [5.74, 6) is -0.873. The molecule has 3 amide bonds. The number of aliphatic imine (C=N–C) groups is 2. The molecule has 0 aromatic carbocycles. The van der Waals surface area contributed by atoms with Gasteiger partial charge in [0.05, 0.1) is 25.1 Å². The van der Waals surface area contributed by atoms with Gasteiger partial charge >= 0.3 is 6.09 Å². The predicted octanol–water partition coefficient (Wildman–Crippen LogP) is -5.88. The number of primary amides is 1. The fraction of sp³-hybridized carbons (Fsp3) is 0.706. The van der Waals surface area contributed by atoms with Crippen molar-refractivity contribution < 1.29 is 39.2 Å². The molecule has 3 rings (SSSR count). The Kier molecular flexibility index (Phi) is 7.52. The van der Waals surface area contributed by atoms with Gasteiger partial charge in [-0.2, -0.15) is 0 Å². The molecule has 3 aliphatic heterocycles. The molecular weight excluding hydrogens is 444 g/mol. The number of nitrogens with zero attached hydrogens (tertiary/aromatic N) is 3. The van der Waals surface area contributed by atoms with Crippen molar-refractivity contribution in [1.29, 1.82) is 0 Å². The predicted molar refractivity (Wildman–Crippen MR) is 111 cm³/mol. The molecule has 3 heterocycles. The van der Waals surface area contributed by atoms with E-state index in [1.54, 1.807) is 0 Å². The number of fused-ring (bicyclic) bond motifs is 1. The molecule has 16 heteroatoms. The van der Waals surface area contributed by atoms with Crippen LogP contribution < -0.4 is 27.4 Å². The molecule has 0 aromatic rings. The van der Waals surface area contributed by atoms with Gasteiger partial charge in [0.15, 0.2) is 24.3 Å². The molecule has 184 valence electrons. The number of piperidine rings is 1. The first-order chi connectivity index (χ1) is 15.7. The third-order valence-corrected chi connectivity index (χ3v) is 5.65. The maximum absolute atomic E-state index is 12.5. The van der Waals surface area contributed by atoms with Crippen molar-refractivity contribution >= 4 is 30.2 Å². The van der Waals surface area contributed by atoms with Crippen molar-refractivity contribution in [3.05, 3.63) is 0 Å². The number of rotatable bonds is 6. The van der Waals surface area contributed by atoms with Gasteiger partial charge < -0.3 is 57.1 Å². The fourth-order valence-corrected chi connectivity index (χ4v) is 4.00. The molecule has 2 saturated heterocycles. The number of likely N-dealkylation sites (N-methyl/N-ethyl adjacent to an activating group) is 1. The summed E-state index contributed by atoms with van der Waals surface area (Å²) in [6, 6.07) is -2.77. The van der Waals surface area contributed by atoms with Crippen molar-refractivity contribution in [2.75, 3.05) is 26.7 Å². The van der Waals surface area contributed by atoms with Gasteiger partial charge in [-0.25, -0.2) is 9.79 Å². The lowest BCUT2D eigenvalue weighted by molar-refractivity contribution is -0.214. The molecule has 0 saturated carbocycles. The van der Waals surface area contributed by atoms with Crippen LogP contribution in [-0.4, -0.2) is 126 Å². The monoisotopic (exact) mass is 472 g/mol. The van der Waals surface area contributed by atoms with E-state index in [2.05, 4.69) is 25.9 Å². The second-order valence-corrected chi connectivity index (χ2v) is 7.70. The highest BCUT2D eigenvalue weighted by Crippen LogP contribution is 2.26. The molecule has 0 radical (unpaired) electrons. The standard InChI is InChI=1S/C17H28N8O8/c1-25(8(28)3-20-5-18)11-12(29)13(33-16(19)31)7(4-26)32-15(11)24-17-22-9-6(27)2-21-14(30)10(9)23-17/h5-7,9-13,15,26-27,29H,2-4H2,1H3,(H2,18,20)(H2,19,31)(H,21,30)(H2,22,23,24)/t6-,7-,9-,10+,11-,12+,13+,15-/m1/s1. The summed E-state index contributed by atoms with van der Waals surface area (Å²) < 4.78 is 10.7. The second-order valence-electron chi connectivity index (χ2n) is 7.70. The lowest BCUT2D eigenvalue weighted by Crippen LogP contribution is -2.70. The molecule has 0 unspecified atom stereocenters. The largest absolute Gasteiger partial charge is 0.441 e. The van der Waals surface area contributed by atoms with Crippen LogP contribution in [-0.2, 0) is 19.1 Å². The number of β-amino-alcohol motifs (C(OH)–C–C–N with tert-alkyl or cyclic N) is 1. The van der Waals surface area contributed by atoms with Crippen molar-refractivity contribution in [1.82, 2.24) is 20.9 Å². The normalized spacial score (nSPS) is 35.8. The lowest BCUT2D eigenvalue weighted by Gasteiger charge is -2.46. The summed E-state index contributed by atoms with van der Waals surface area (Å²) >= 11 is 0. The van der Waals surface area contributed by atoms with E-state index in [0.717, 1.165) is 11.2 Å². The molecule has 8 atom stereocenters.